The molecule has 3 atom stereocenters. The summed E-state index contributed by atoms with van der Waals surface area (Å²) < 4.78 is 0. The van der Waals surface area contributed by atoms with Crippen molar-refractivity contribution in [1.82, 2.24) is 9.80 Å². The highest BCUT2D eigenvalue weighted by Gasteiger charge is 2.39. The standard InChI is InChI=1S/C13H21N3O4S/c1-8-2-3-9(11(14)17)6-16(8)13(20)15-4-5-21-7-10(15)12(18)19/h8-10H,2-7H2,1H3,(H2,14,17)(H,18,19). The molecule has 3 N–H and O–H groups in total. The second-order valence-electron chi connectivity index (χ2n) is 5.58. The molecule has 0 saturated carbocycles. The second-order valence-corrected chi connectivity index (χ2v) is 6.73. The number of primary amides is 1. The minimum absolute atomic E-state index is 0.00266. The number of thioether (sulfide) groups is 1. The number of nitrogens with two attached hydrogens (primary N) is 1. The van der Waals surface area contributed by atoms with Gasteiger partial charge in [-0.25, -0.2) is 9.59 Å². The molecule has 0 aliphatic carbocycles. The summed E-state index contributed by atoms with van der Waals surface area (Å²) in [5, 5.41) is 9.26. The van der Waals surface area contributed by atoms with Gasteiger partial charge in [0.15, 0.2) is 0 Å². The van der Waals surface area contributed by atoms with Gasteiger partial charge in [-0.1, -0.05) is 0 Å². The van der Waals surface area contributed by atoms with E-state index in [9.17, 15) is 19.5 Å². The van der Waals surface area contributed by atoms with Crippen LogP contribution in [0.3, 0.4) is 0 Å². The molecule has 0 aromatic heterocycles. The number of urea groups is 1. The highest BCUT2D eigenvalue weighted by Crippen LogP contribution is 2.25. The molecule has 3 unspecified atom stereocenters. The topological polar surface area (TPSA) is 104 Å². The van der Waals surface area contributed by atoms with Crippen LogP contribution in [0.25, 0.3) is 0 Å². The maximum absolute atomic E-state index is 12.7. The second kappa shape index (κ2) is 6.55. The molecule has 118 valence electrons. The van der Waals surface area contributed by atoms with Crippen LogP contribution in [-0.4, -0.2) is 69.5 Å². The Kier molecular flexibility index (Phi) is 4.97. The van der Waals surface area contributed by atoms with Crippen molar-refractivity contribution < 1.29 is 19.5 Å². The monoisotopic (exact) mass is 315 g/mol. The molecule has 7 nitrogen and oxygen atoms in total. The van der Waals surface area contributed by atoms with Crippen molar-refractivity contribution in [3.05, 3.63) is 0 Å². The average Bonchev–Trinajstić information content (AvgIpc) is 2.46. The minimum atomic E-state index is -0.980. The number of likely N-dealkylation sites (tertiary alicyclic amines) is 1. The van der Waals surface area contributed by atoms with Gasteiger partial charge in [0, 0.05) is 30.6 Å². The number of carboxylic acids is 1. The Bertz CT molecular complexity index is 445. The van der Waals surface area contributed by atoms with Crippen molar-refractivity contribution in [2.24, 2.45) is 11.7 Å². The van der Waals surface area contributed by atoms with Gasteiger partial charge < -0.3 is 20.6 Å². The lowest BCUT2D eigenvalue weighted by Gasteiger charge is -2.42. The molecule has 21 heavy (non-hydrogen) atoms. The van der Waals surface area contributed by atoms with E-state index in [0.29, 0.717) is 25.1 Å². The maximum atomic E-state index is 12.7. The summed E-state index contributed by atoms with van der Waals surface area (Å²) in [6.07, 6.45) is 1.39. The normalized spacial score (nSPS) is 30.0. The molecule has 3 amide bonds. The number of piperidine rings is 1. The highest BCUT2D eigenvalue weighted by atomic mass is 32.2. The van der Waals surface area contributed by atoms with Crippen LogP contribution in [0.5, 0.6) is 0 Å². The van der Waals surface area contributed by atoms with Gasteiger partial charge in [0.25, 0.3) is 0 Å². The summed E-state index contributed by atoms with van der Waals surface area (Å²) in [6, 6.07) is -1.09. The van der Waals surface area contributed by atoms with E-state index in [-0.39, 0.29) is 24.5 Å². The molecule has 2 fully saturated rings. The first-order valence-corrected chi connectivity index (χ1v) is 8.24. The van der Waals surface area contributed by atoms with Crippen LogP contribution in [0.2, 0.25) is 0 Å². The molecule has 2 aliphatic rings. The molecular weight excluding hydrogens is 294 g/mol. The number of rotatable bonds is 2. The van der Waals surface area contributed by atoms with Gasteiger partial charge in [-0.15, -0.1) is 0 Å². The molecule has 2 rings (SSSR count). The van der Waals surface area contributed by atoms with Crippen LogP contribution >= 0.6 is 11.8 Å². The van der Waals surface area contributed by atoms with Gasteiger partial charge in [0.1, 0.15) is 6.04 Å². The average molecular weight is 315 g/mol. The van der Waals surface area contributed by atoms with Gasteiger partial charge >= 0.3 is 12.0 Å². The van der Waals surface area contributed by atoms with Crippen LogP contribution in [-0.2, 0) is 9.59 Å². The Balaban J connectivity index is 2.12. The van der Waals surface area contributed by atoms with Gasteiger partial charge in [-0.2, -0.15) is 11.8 Å². The fourth-order valence-corrected chi connectivity index (χ4v) is 3.85. The zero-order chi connectivity index (χ0) is 15.6. The summed E-state index contributed by atoms with van der Waals surface area (Å²) in [4.78, 5) is 38.3. The summed E-state index contributed by atoms with van der Waals surface area (Å²) in [5.74, 6) is -0.581. The van der Waals surface area contributed by atoms with Gasteiger partial charge in [0.05, 0.1) is 5.92 Å². The van der Waals surface area contributed by atoms with E-state index in [0.717, 1.165) is 5.75 Å². The number of hydrogen-bond donors (Lipinski definition) is 2. The largest absolute Gasteiger partial charge is 0.480 e. The Morgan fingerprint density at radius 2 is 1.95 bits per heavy atom. The van der Waals surface area contributed by atoms with Crippen molar-refractivity contribution >= 4 is 29.7 Å². The van der Waals surface area contributed by atoms with E-state index in [2.05, 4.69) is 0 Å². The molecular formula is C13H21N3O4S. The fraction of sp³-hybridized carbons (Fsp3) is 0.769. The highest BCUT2D eigenvalue weighted by molar-refractivity contribution is 7.99. The summed E-state index contributed by atoms with van der Waals surface area (Å²) in [7, 11) is 0. The first kappa shape index (κ1) is 15.9. The summed E-state index contributed by atoms with van der Waals surface area (Å²) >= 11 is 1.54. The van der Waals surface area contributed by atoms with E-state index in [1.54, 1.807) is 4.90 Å². The summed E-state index contributed by atoms with van der Waals surface area (Å²) in [5.41, 5.74) is 5.34. The zero-order valence-electron chi connectivity index (χ0n) is 12.0. The molecule has 0 aromatic carbocycles. The molecule has 0 spiro atoms. The van der Waals surface area contributed by atoms with Crippen LogP contribution in [0.1, 0.15) is 19.8 Å². The molecule has 2 aliphatic heterocycles. The smallest absolute Gasteiger partial charge is 0.327 e. The SMILES string of the molecule is CC1CCC(C(N)=O)CN1C(=O)N1CCSCC1C(=O)O. The molecule has 2 saturated heterocycles. The third kappa shape index (κ3) is 3.42. The number of aliphatic carboxylic acids is 1. The van der Waals surface area contributed by atoms with Crippen molar-refractivity contribution in [2.45, 2.75) is 31.8 Å². The van der Waals surface area contributed by atoms with Gasteiger partial charge in [-0.3, -0.25) is 4.79 Å². The third-order valence-electron chi connectivity index (χ3n) is 4.19. The predicted octanol–water partition coefficient (Wildman–Crippen LogP) is 0.194. The first-order chi connectivity index (χ1) is 9.91. The van der Waals surface area contributed by atoms with E-state index >= 15 is 0 Å². The lowest BCUT2D eigenvalue weighted by atomic mass is 9.93. The van der Waals surface area contributed by atoms with Gasteiger partial charge in [-0.05, 0) is 19.8 Å². The van der Waals surface area contributed by atoms with Crippen LogP contribution in [0, 0.1) is 5.92 Å². The van der Waals surface area contributed by atoms with Crippen LogP contribution < -0.4 is 5.73 Å². The maximum Gasteiger partial charge on any atom is 0.327 e. The molecule has 8 heteroatoms. The molecule has 0 radical (unpaired) electrons. The number of nitrogens with zero attached hydrogens (tertiary/aromatic N) is 2. The minimum Gasteiger partial charge on any atom is -0.480 e. The van der Waals surface area contributed by atoms with Crippen molar-refractivity contribution in [3.8, 4) is 0 Å². The van der Waals surface area contributed by atoms with Crippen LogP contribution in [0.4, 0.5) is 4.79 Å². The van der Waals surface area contributed by atoms with E-state index < -0.39 is 17.9 Å². The molecule has 2 heterocycles. The Morgan fingerprint density at radius 1 is 1.24 bits per heavy atom. The first-order valence-electron chi connectivity index (χ1n) is 7.09. The number of carboxylic acid groups (broad SMARTS) is 1. The predicted molar refractivity (Wildman–Crippen MR) is 78.9 cm³/mol. The quantitative estimate of drug-likeness (QED) is 0.757. The van der Waals surface area contributed by atoms with Crippen molar-refractivity contribution in [2.75, 3.05) is 24.6 Å². The zero-order valence-corrected chi connectivity index (χ0v) is 12.8. The fourth-order valence-electron chi connectivity index (χ4n) is 2.81. The lowest BCUT2D eigenvalue weighted by molar-refractivity contribution is -0.141. The Hall–Kier alpha value is -1.44. The van der Waals surface area contributed by atoms with Gasteiger partial charge in [0.2, 0.25) is 5.91 Å². The van der Waals surface area contributed by atoms with E-state index in [1.165, 1.54) is 16.7 Å². The number of hydrogen-bond acceptors (Lipinski definition) is 4. The van der Waals surface area contributed by atoms with E-state index in [1.807, 2.05) is 6.92 Å². The van der Waals surface area contributed by atoms with Crippen LogP contribution in [0.15, 0.2) is 0 Å². The molecule has 0 aromatic rings. The molecule has 0 bridgehead atoms. The number of amides is 3. The Morgan fingerprint density at radius 3 is 2.57 bits per heavy atom. The number of carbonyl (C=O) groups is 3. The lowest BCUT2D eigenvalue weighted by Crippen LogP contribution is -2.59. The summed E-state index contributed by atoms with van der Waals surface area (Å²) in [6.45, 7) is 2.62. The van der Waals surface area contributed by atoms with Crippen molar-refractivity contribution in [1.29, 1.82) is 0 Å². The third-order valence-corrected chi connectivity index (χ3v) is 5.21. The Labute approximate surface area is 127 Å². The van der Waals surface area contributed by atoms with E-state index in [4.69, 9.17) is 5.73 Å². The number of carbonyl (C=O) groups excluding carboxylic acids is 2. The van der Waals surface area contributed by atoms with Crippen molar-refractivity contribution in [3.63, 3.8) is 0 Å².